The predicted octanol–water partition coefficient (Wildman–Crippen LogP) is 1.11. The van der Waals surface area contributed by atoms with Crippen molar-refractivity contribution in [2.45, 2.75) is 6.92 Å². The number of ether oxygens (including phenoxy) is 1. The van der Waals surface area contributed by atoms with Gasteiger partial charge in [0.1, 0.15) is 0 Å². The molecular weight excluding hydrogens is 186 g/mol. The standard InChI is InChI=1S/C9H15NO2S/c1-2-12-9(11)4-3-5-10-6-7-13-8-10/h3-4H,2,5-8H2,1H3. The van der Waals surface area contributed by atoms with E-state index in [-0.39, 0.29) is 5.97 Å². The third-order valence-electron chi connectivity index (χ3n) is 1.73. The van der Waals surface area contributed by atoms with Crippen molar-refractivity contribution in [3.05, 3.63) is 12.2 Å². The molecule has 0 spiro atoms. The van der Waals surface area contributed by atoms with Crippen molar-refractivity contribution in [1.29, 1.82) is 0 Å². The molecule has 1 aliphatic heterocycles. The molecule has 74 valence electrons. The number of thioether (sulfide) groups is 1. The summed E-state index contributed by atoms with van der Waals surface area (Å²) in [5.74, 6) is 2.04. The second-order valence-corrected chi connectivity index (χ2v) is 3.84. The van der Waals surface area contributed by atoms with E-state index in [1.807, 2.05) is 24.8 Å². The summed E-state index contributed by atoms with van der Waals surface area (Å²) in [5, 5.41) is 0. The number of esters is 1. The Morgan fingerprint density at radius 3 is 3.15 bits per heavy atom. The molecule has 0 amide bonds. The van der Waals surface area contributed by atoms with Crippen LogP contribution in [0.5, 0.6) is 0 Å². The molecule has 0 aromatic carbocycles. The summed E-state index contributed by atoms with van der Waals surface area (Å²) in [7, 11) is 0. The van der Waals surface area contributed by atoms with Gasteiger partial charge in [-0.25, -0.2) is 4.79 Å². The summed E-state index contributed by atoms with van der Waals surface area (Å²) >= 11 is 1.93. The zero-order valence-corrected chi connectivity index (χ0v) is 8.68. The van der Waals surface area contributed by atoms with Gasteiger partial charge in [-0.2, -0.15) is 0 Å². The number of carbonyl (C=O) groups is 1. The van der Waals surface area contributed by atoms with Gasteiger partial charge in [0.2, 0.25) is 0 Å². The van der Waals surface area contributed by atoms with Gasteiger partial charge >= 0.3 is 5.97 Å². The van der Waals surface area contributed by atoms with Crippen LogP contribution in [-0.4, -0.2) is 42.2 Å². The van der Waals surface area contributed by atoms with E-state index in [0.717, 1.165) is 19.0 Å². The Morgan fingerprint density at radius 2 is 2.54 bits per heavy atom. The fraction of sp³-hybridized carbons (Fsp3) is 0.667. The maximum absolute atomic E-state index is 10.9. The molecule has 0 aromatic heterocycles. The lowest BCUT2D eigenvalue weighted by atomic mass is 10.4. The Labute approximate surface area is 83.1 Å². The van der Waals surface area contributed by atoms with Gasteiger partial charge in [-0.05, 0) is 6.92 Å². The molecule has 0 radical (unpaired) electrons. The summed E-state index contributed by atoms with van der Waals surface area (Å²) in [5.41, 5.74) is 0. The average Bonchev–Trinajstić information content (AvgIpc) is 2.57. The van der Waals surface area contributed by atoms with Crippen LogP contribution in [0.3, 0.4) is 0 Å². The first-order chi connectivity index (χ1) is 6.33. The van der Waals surface area contributed by atoms with Gasteiger partial charge in [0.15, 0.2) is 0 Å². The highest BCUT2D eigenvalue weighted by molar-refractivity contribution is 7.99. The first-order valence-electron chi connectivity index (χ1n) is 4.46. The van der Waals surface area contributed by atoms with E-state index in [0.29, 0.717) is 6.61 Å². The van der Waals surface area contributed by atoms with Crippen molar-refractivity contribution in [1.82, 2.24) is 4.90 Å². The molecule has 0 atom stereocenters. The summed E-state index contributed by atoms with van der Waals surface area (Å²) < 4.78 is 4.76. The Bertz CT molecular complexity index is 188. The van der Waals surface area contributed by atoms with E-state index in [9.17, 15) is 4.79 Å². The van der Waals surface area contributed by atoms with Crippen molar-refractivity contribution in [2.24, 2.45) is 0 Å². The quantitative estimate of drug-likeness (QED) is 0.503. The largest absolute Gasteiger partial charge is 0.463 e. The lowest BCUT2D eigenvalue weighted by Gasteiger charge is -2.08. The van der Waals surface area contributed by atoms with E-state index < -0.39 is 0 Å². The third kappa shape index (κ3) is 4.33. The topological polar surface area (TPSA) is 29.5 Å². The van der Waals surface area contributed by atoms with Gasteiger partial charge in [0, 0.05) is 30.8 Å². The van der Waals surface area contributed by atoms with E-state index >= 15 is 0 Å². The van der Waals surface area contributed by atoms with Gasteiger partial charge in [-0.1, -0.05) is 6.08 Å². The summed E-state index contributed by atoms with van der Waals surface area (Å²) in [6, 6.07) is 0. The maximum atomic E-state index is 10.9. The first kappa shape index (κ1) is 10.6. The summed E-state index contributed by atoms with van der Waals surface area (Å²) in [6.45, 7) is 4.23. The molecule has 0 aromatic rings. The van der Waals surface area contributed by atoms with Crippen molar-refractivity contribution < 1.29 is 9.53 Å². The van der Waals surface area contributed by atoms with Crippen LogP contribution >= 0.6 is 11.8 Å². The van der Waals surface area contributed by atoms with Gasteiger partial charge in [-0.15, -0.1) is 11.8 Å². The zero-order valence-electron chi connectivity index (χ0n) is 7.86. The fourth-order valence-corrected chi connectivity index (χ4v) is 2.09. The van der Waals surface area contributed by atoms with Crippen molar-refractivity contribution >= 4 is 17.7 Å². The van der Waals surface area contributed by atoms with Crippen LogP contribution in [-0.2, 0) is 9.53 Å². The molecule has 1 fully saturated rings. The number of nitrogens with zero attached hydrogens (tertiary/aromatic N) is 1. The lowest BCUT2D eigenvalue weighted by molar-refractivity contribution is -0.137. The summed E-state index contributed by atoms with van der Waals surface area (Å²) in [4.78, 5) is 13.2. The van der Waals surface area contributed by atoms with Crippen LogP contribution in [0.25, 0.3) is 0 Å². The second-order valence-electron chi connectivity index (χ2n) is 2.77. The molecular formula is C9H15NO2S. The van der Waals surface area contributed by atoms with E-state index in [4.69, 9.17) is 4.74 Å². The number of rotatable bonds is 4. The molecule has 0 unspecified atom stereocenters. The zero-order chi connectivity index (χ0) is 9.52. The van der Waals surface area contributed by atoms with Crippen LogP contribution in [0.2, 0.25) is 0 Å². The molecule has 13 heavy (non-hydrogen) atoms. The number of carbonyl (C=O) groups excluding carboxylic acids is 1. The molecule has 1 rings (SSSR count). The first-order valence-corrected chi connectivity index (χ1v) is 5.62. The molecule has 0 saturated carbocycles. The maximum Gasteiger partial charge on any atom is 0.330 e. The van der Waals surface area contributed by atoms with E-state index in [1.54, 1.807) is 0 Å². The highest BCUT2D eigenvalue weighted by atomic mass is 32.2. The number of hydrogen-bond acceptors (Lipinski definition) is 4. The van der Waals surface area contributed by atoms with Crippen molar-refractivity contribution in [3.63, 3.8) is 0 Å². The molecule has 1 heterocycles. The molecule has 1 saturated heterocycles. The molecule has 4 heteroatoms. The van der Waals surface area contributed by atoms with Gasteiger partial charge in [0.05, 0.1) is 6.61 Å². The molecule has 0 bridgehead atoms. The lowest BCUT2D eigenvalue weighted by Crippen LogP contribution is -2.19. The van der Waals surface area contributed by atoms with Crippen molar-refractivity contribution in [2.75, 3.05) is 31.3 Å². The minimum absolute atomic E-state index is 0.241. The smallest absolute Gasteiger partial charge is 0.330 e. The van der Waals surface area contributed by atoms with Crippen molar-refractivity contribution in [3.8, 4) is 0 Å². The third-order valence-corrected chi connectivity index (χ3v) is 2.75. The summed E-state index contributed by atoms with van der Waals surface area (Å²) in [6.07, 6.45) is 3.37. The minimum Gasteiger partial charge on any atom is -0.463 e. The highest BCUT2D eigenvalue weighted by Gasteiger charge is 2.09. The highest BCUT2D eigenvalue weighted by Crippen LogP contribution is 2.12. The van der Waals surface area contributed by atoms with Gasteiger partial charge in [-0.3, -0.25) is 4.90 Å². The predicted molar refractivity (Wildman–Crippen MR) is 54.7 cm³/mol. The SMILES string of the molecule is CCOC(=O)C=CCN1CCSC1. The van der Waals surface area contributed by atoms with Crippen LogP contribution in [0.4, 0.5) is 0 Å². The van der Waals surface area contributed by atoms with Gasteiger partial charge in [0.25, 0.3) is 0 Å². The molecule has 0 N–H and O–H groups in total. The van der Waals surface area contributed by atoms with Crippen LogP contribution < -0.4 is 0 Å². The Morgan fingerprint density at radius 1 is 1.69 bits per heavy atom. The average molecular weight is 201 g/mol. The fourth-order valence-electron chi connectivity index (χ4n) is 1.08. The Hall–Kier alpha value is -0.480. The normalized spacial score (nSPS) is 18.2. The van der Waals surface area contributed by atoms with E-state index in [1.165, 1.54) is 11.8 Å². The van der Waals surface area contributed by atoms with Crippen LogP contribution in [0, 0.1) is 0 Å². The number of hydrogen-bond donors (Lipinski definition) is 0. The van der Waals surface area contributed by atoms with Crippen LogP contribution in [0.1, 0.15) is 6.92 Å². The molecule has 3 nitrogen and oxygen atoms in total. The molecule has 1 aliphatic rings. The molecule has 0 aliphatic carbocycles. The Kier molecular flexibility index (Phi) is 4.93. The second kappa shape index (κ2) is 6.05. The van der Waals surface area contributed by atoms with Gasteiger partial charge < -0.3 is 4.74 Å². The van der Waals surface area contributed by atoms with Crippen LogP contribution in [0.15, 0.2) is 12.2 Å². The monoisotopic (exact) mass is 201 g/mol. The van der Waals surface area contributed by atoms with E-state index in [2.05, 4.69) is 4.90 Å². The minimum atomic E-state index is -0.241. The Balaban J connectivity index is 2.12.